The molecule has 0 bridgehead atoms. The summed E-state index contributed by atoms with van der Waals surface area (Å²) in [5.41, 5.74) is 1.99. The van der Waals surface area contributed by atoms with Gasteiger partial charge in [0.05, 0.1) is 12.2 Å². The van der Waals surface area contributed by atoms with Crippen molar-refractivity contribution in [1.82, 2.24) is 4.98 Å². The van der Waals surface area contributed by atoms with Crippen LogP contribution >= 0.6 is 11.3 Å². The van der Waals surface area contributed by atoms with E-state index >= 15 is 0 Å². The maximum atomic E-state index is 10.5. The lowest BCUT2D eigenvalue weighted by atomic mass is 9.82. The van der Waals surface area contributed by atoms with Gasteiger partial charge in [0.25, 0.3) is 0 Å². The number of nitrogens with one attached hydrogen (secondary N) is 1. The lowest BCUT2D eigenvalue weighted by Gasteiger charge is -2.23. The molecule has 1 aromatic carbocycles. The van der Waals surface area contributed by atoms with Gasteiger partial charge in [0, 0.05) is 17.8 Å². The molecule has 0 aliphatic rings. The number of hydrogen-bond donors (Lipinski definition) is 1. The molecule has 2 aromatic rings. The van der Waals surface area contributed by atoms with Crippen molar-refractivity contribution >= 4 is 22.4 Å². The lowest BCUT2D eigenvalue weighted by Crippen LogP contribution is -2.24. The van der Waals surface area contributed by atoms with Crippen LogP contribution in [-0.4, -0.2) is 24.1 Å². The normalized spacial score (nSPS) is 11.3. The number of carboxylic acid groups (broad SMARTS) is 1. The first-order valence-electron chi connectivity index (χ1n) is 8.02. The van der Waals surface area contributed by atoms with Crippen molar-refractivity contribution in [2.75, 3.05) is 18.5 Å². The average molecular weight is 347 g/mol. The fourth-order valence-electron chi connectivity index (χ4n) is 2.15. The molecule has 0 unspecified atom stereocenters. The summed E-state index contributed by atoms with van der Waals surface area (Å²) in [4.78, 5) is 14.7. The van der Waals surface area contributed by atoms with Gasteiger partial charge < -0.3 is 20.0 Å². The maximum absolute atomic E-state index is 10.5. The van der Waals surface area contributed by atoms with E-state index in [4.69, 9.17) is 4.74 Å². The molecule has 0 saturated carbocycles. The van der Waals surface area contributed by atoms with E-state index in [0.717, 1.165) is 12.2 Å². The number of anilines is 1. The minimum Gasteiger partial charge on any atom is -0.550 e. The summed E-state index contributed by atoms with van der Waals surface area (Å²) in [7, 11) is 0. The maximum Gasteiger partial charge on any atom is 0.182 e. The van der Waals surface area contributed by atoms with Crippen LogP contribution in [0.4, 0.5) is 5.13 Å². The quantitative estimate of drug-likeness (QED) is 0.706. The predicted octanol–water partition coefficient (Wildman–Crippen LogP) is 2.61. The zero-order chi connectivity index (χ0) is 17.6. The van der Waals surface area contributed by atoms with Gasteiger partial charge >= 0.3 is 0 Å². The molecule has 0 amide bonds. The van der Waals surface area contributed by atoms with Gasteiger partial charge in [-0.1, -0.05) is 32.9 Å². The number of nitrogens with zero attached hydrogens (tertiary/aromatic N) is 1. The summed E-state index contributed by atoms with van der Waals surface area (Å²) in [5, 5.41) is 16.0. The van der Waals surface area contributed by atoms with Crippen LogP contribution in [0.25, 0.3) is 0 Å². The number of carboxylic acids is 1. The number of ether oxygens (including phenoxy) is 1. The van der Waals surface area contributed by atoms with E-state index < -0.39 is 5.97 Å². The summed E-state index contributed by atoms with van der Waals surface area (Å²) in [6.07, 6.45) is 0.931. The molecule has 6 heteroatoms. The molecule has 0 aliphatic carbocycles. The molecule has 1 heterocycles. The second kappa shape index (κ2) is 8.15. The highest BCUT2D eigenvalue weighted by Crippen LogP contribution is 2.28. The standard InChI is InChI=1S/C18H24N2O3S/c1-4-18(2,3)13-5-7-15(8-6-13)23-10-9-19-17-20-14(12-24-17)11-16(21)22/h5-8,12H,4,9-11H2,1-3H3,(H,19,20)(H,21,22)/p-1. The van der Waals surface area contributed by atoms with Crippen molar-refractivity contribution in [2.24, 2.45) is 0 Å². The first kappa shape index (κ1) is 18.3. The van der Waals surface area contributed by atoms with Gasteiger partial charge in [-0.2, -0.15) is 0 Å². The summed E-state index contributed by atoms with van der Waals surface area (Å²) in [6.45, 7) is 7.75. The van der Waals surface area contributed by atoms with Crippen LogP contribution in [0.1, 0.15) is 38.4 Å². The predicted molar refractivity (Wildman–Crippen MR) is 94.6 cm³/mol. The Morgan fingerprint density at radius 1 is 1.33 bits per heavy atom. The highest BCUT2D eigenvalue weighted by Gasteiger charge is 2.17. The van der Waals surface area contributed by atoms with Crippen LogP contribution < -0.4 is 15.2 Å². The van der Waals surface area contributed by atoms with E-state index in [1.807, 2.05) is 12.1 Å². The molecule has 0 fully saturated rings. The Morgan fingerprint density at radius 3 is 2.67 bits per heavy atom. The molecule has 130 valence electrons. The van der Waals surface area contributed by atoms with Crippen LogP contribution in [0, 0.1) is 0 Å². The van der Waals surface area contributed by atoms with Gasteiger partial charge in [-0.15, -0.1) is 11.3 Å². The Hall–Kier alpha value is -2.08. The molecule has 0 aliphatic heterocycles. The van der Waals surface area contributed by atoms with Gasteiger partial charge in [0.1, 0.15) is 12.4 Å². The van der Waals surface area contributed by atoms with Gasteiger partial charge in [0.2, 0.25) is 0 Å². The van der Waals surface area contributed by atoms with Crippen molar-refractivity contribution in [3.63, 3.8) is 0 Å². The molecule has 24 heavy (non-hydrogen) atoms. The summed E-state index contributed by atoms with van der Waals surface area (Å²) < 4.78 is 5.71. The second-order valence-electron chi connectivity index (χ2n) is 6.23. The fraction of sp³-hybridized carbons (Fsp3) is 0.444. The van der Waals surface area contributed by atoms with Crippen molar-refractivity contribution in [3.05, 3.63) is 40.9 Å². The highest BCUT2D eigenvalue weighted by atomic mass is 32.1. The van der Waals surface area contributed by atoms with E-state index in [-0.39, 0.29) is 11.8 Å². The van der Waals surface area contributed by atoms with Gasteiger partial charge in [0.15, 0.2) is 5.13 Å². The average Bonchev–Trinajstić information content (AvgIpc) is 2.98. The van der Waals surface area contributed by atoms with Crippen molar-refractivity contribution in [3.8, 4) is 5.75 Å². The van der Waals surface area contributed by atoms with E-state index in [1.54, 1.807) is 5.38 Å². The lowest BCUT2D eigenvalue weighted by molar-refractivity contribution is -0.304. The first-order chi connectivity index (χ1) is 11.4. The molecular weight excluding hydrogens is 324 g/mol. The van der Waals surface area contributed by atoms with E-state index in [1.165, 1.54) is 16.9 Å². The fourth-order valence-corrected chi connectivity index (χ4v) is 2.89. The Morgan fingerprint density at radius 2 is 2.04 bits per heavy atom. The Bertz CT molecular complexity index is 665. The number of carbonyl (C=O) groups excluding carboxylic acids is 1. The first-order valence-corrected chi connectivity index (χ1v) is 8.90. The number of thiazole rings is 1. The number of hydrogen-bond acceptors (Lipinski definition) is 6. The summed E-state index contributed by atoms with van der Waals surface area (Å²) >= 11 is 1.38. The van der Waals surface area contributed by atoms with Crippen LogP contribution in [-0.2, 0) is 16.6 Å². The minimum atomic E-state index is -1.12. The number of aromatic nitrogens is 1. The number of carbonyl (C=O) groups is 1. The molecule has 0 atom stereocenters. The third-order valence-corrected chi connectivity index (χ3v) is 4.89. The molecule has 0 spiro atoms. The zero-order valence-electron chi connectivity index (χ0n) is 14.3. The summed E-state index contributed by atoms with van der Waals surface area (Å²) in [6, 6.07) is 8.21. The topological polar surface area (TPSA) is 74.3 Å². The van der Waals surface area contributed by atoms with E-state index in [2.05, 4.69) is 43.2 Å². The molecule has 1 N–H and O–H groups in total. The van der Waals surface area contributed by atoms with E-state index in [0.29, 0.717) is 24.0 Å². The van der Waals surface area contributed by atoms with Crippen molar-refractivity contribution < 1.29 is 14.6 Å². The molecule has 2 rings (SSSR count). The van der Waals surface area contributed by atoms with Crippen molar-refractivity contribution in [2.45, 2.75) is 39.0 Å². The van der Waals surface area contributed by atoms with Gasteiger partial charge in [-0.05, 0) is 29.5 Å². The number of benzene rings is 1. The Labute approximate surface area is 146 Å². The Kier molecular flexibility index (Phi) is 6.20. The minimum absolute atomic E-state index is 0.158. The smallest absolute Gasteiger partial charge is 0.182 e. The van der Waals surface area contributed by atoms with Crippen LogP contribution in [0.3, 0.4) is 0 Å². The molecule has 0 radical (unpaired) electrons. The molecule has 1 aromatic heterocycles. The SMILES string of the molecule is CCC(C)(C)c1ccc(OCCNc2nc(CC(=O)[O-])cs2)cc1. The van der Waals surface area contributed by atoms with Gasteiger partial charge in [-0.3, -0.25) is 0 Å². The molecular formula is C18H23N2O3S-. The third kappa shape index (κ3) is 5.23. The van der Waals surface area contributed by atoms with Crippen LogP contribution in [0.2, 0.25) is 0 Å². The van der Waals surface area contributed by atoms with Crippen LogP contribution in [0.5, 0.6) is 5.75 Å². The highest BCUT2D eigenvalue weighted by molar-refractivity contribution is 7.13. The third-order valence-electron chi connectivity index (χ3n) is 4.04. The second-order valence-corrected chi connectivity index (χ2v) is 7.09. The number of rotatable bonds is 9. The Balaban J connectivity index is 1.76. The monoisotopic (exact) mass is 347 g/mol. The van der Waals surface area contributed by atoms with Crippen molar-refractivity contribution in [1.29, 1.82) is 0 Å². The largest absolute Gasteiger partial charge is 0.550 e. The van der Waals surface area contributed by atoms with Crippen LogP contribution in [0.15, 0.2) is 29.6 Å². The zero-order valence-corrected chi connectivity index (χ0v) is 15.1. The number of aliphatic carboxylic acids is 1. The van der Waals surface area contributed by atoms with E-state index in [9.17, 15) is 9.90 Å². The summed E-state index contributed by atoms with van der Waals surface area (Å²) in [5.74, 6) is -0.283. The molecule has 0 saturated heterocycles. The van der Waals surface area contributed by atoms with Gasteiger partial charge in [-0.25, -0.2) is 4.98 Å². The molecule has 5 nitrogen and oxygen atoms in total.